The van der Waals surface area contributed by atoms with Gasteiger partial charge in [-0.3, -0.25) is 24.2 Å². The second kappa shape index (κ2) is 7.56. The zero-order valence-corrected chi connectivity index (χ0v) is 16.9. The van der Waals surface area contributed by atoms with Crippen LogP contribution >= 0.6 is 11.8 Å². The van der Waals surface area contributed by atoms with Gasteiger partial charge in [0.2, 0.25) is 5.91 Å². The lowest BCUT2D eigenvalue weighted by atomic mass is 10.2. The Balaban J connectivity index is 1.72. The normalized spacial score (nSPS) is 15.1. The molecule has 0 saturated heterocycles. The van der Waals surface area contributed by atoms with Crippen molar-refractivity contribution >= 4 is 40.1 Å². The van der Waals surface area contributed by atoms with Crippen LogP contribution in [0.1, 0.15) is 23.9 Å². The van der Waals surface area contributed by atoms with E-state index >= 15 is 0 Å². The summed E-state index contributed by atoms with van der Waals surface area (Å²) in [5.74, 6) is -0.238. The first-order valence-electron chi connectivity index (χ1n) is 8.69. The Hall–Kier alpha value is -2.61. The molecule has 0 bridgehead atoms. The summed E-state index contributed by atoms with van der Waals surface area (Å²) in [5, 5.41) is 7.39. The Bertz CT molecular complexity index is 917. The molecule has 1 N–H and O–H groups in total. The number of aromatic nitrogens is 2. The lowest BCUT2D eigenvalue weighted by molar-refractivity contribution is -0.116. The number of amidine groups is 1. The summed E-state index contributed by atoms with van der Waals surface area (Å²) in [5.41, 5.74) is 4.28. The maximum absolute atomic E-state index is 12.7. The zero-order chi connectivity index (χ0) is 19.7. The number of carbonyl (C=O) groups excluding carboxylic acids is 2. The summed E-state index contributed by atoms with van der Waals surface area (Å²) < 4.78 is 1.74. The molecule has 0 aliphatic carbocycles. The summed E-state index contributed by atoms with van der Waals surface area (Å²) in [6.07, 6.45) is 0. The van der Waals surface area contributed by atoms with Crippen LogP contribution in [-0.2, 0) is 16.6 Å². The Kier molecular flexibility index (Phi) is 5.36. The number of thioether (sulfide) groups is 1. The van der Waals surface area contributed by atoms with E-state index in [0.717, 1.165) is 28.3 Å². The second-order valence-electron chi connectivity index (χ2n) is 6.58. The molecule has 142 valence electrons. The van der Waals surface area contributed by atoms with Crippen molar-refractivity contribution in [3.05, 3.63) is 41.2 Å². The monoisotopic (exact) mass is 385 g/mol. The molecule has 3 rings (SSSR count). The minimum absolute atomic E-state index is 0.0899. The van der Waals surface area contributed by atoms with Gasteiger partial charge in [0.25, 0.3) is 5.91 Å². The van der Waals surface area contributed by atoms with Crippen LogP contribution in [0.5, 0.6) is 0 Å². The molecule has 2 aromatic rings. The number of anilines is 2. The first-order valence-corrected chi connectivity index (χ1v) is 9.57. The number of hydrogen-bond acceptors (Lipinski definition) is 5. The Labute approximate surface area is 162 Å². The molecule has 7 nitrogen and oxygen atoms in total. The van der Waals surface area contributed by atoms with Gasteiger partial charge in [-0.05, 0) is 39.8 Å². The summed E-state index contributed by atoms with van der Waals surface area (Å²) in [6.45, 7) is 7.67. The maximum Gasteiger partial charge on any atom is 0.254 e. The minimum Gasteiger partial charge on any atom is -0.322 e. The van der Waals surface area contributed by atoms with Crippen LogP contribution in [0.15, 0.2) is 29.3 Å². The zero-order valence-electron chi connectivity index (χ0n) is 16.1. The Morgan fingerprint density at radius 1 is 1.22 bits per heavy atom. The number of nitrogens with one attached hydrogen (secondary N) is 1. The molecule has 0 spiro atoms. The molecule has 27 heavy (non-hydrogen) atoms. The fraction of sp³-hybridized carbons (Fsp3) is 0.368. The molecule has 1 aliphatic heterocycles. The summed E-state index contributed by atoms with van der Waals surface area (Å²) in [7, 11) is 1.84. The maximum atomic E-state index is 12.7. The molecule has 0 radical (unpaired) electrons. The van der Waals surface area contributed by atoms with Crippen molar-refractivity contribution in [3.8, 4) is 0 Å². The van der Waals surface area contributed by atoms with Crippen LogP contribution in [0.4, 0.5) is 11.4 Å². The molecular weight excluding hydrogens is 362 g/mol. The van der Waals surface area contributed by atoms with E-state index in [4.69, 9.17) is 0 Å². The van der Waals surface area contributed by atoms with E-state index in [-0.39, 0.29) is 18.4 Å². The van der Waals surface area contributed by atoms with Crippen LogP contribution < -0.4 is 10.2 Å². The molecule has 0 fully saturated rings. The lowest BCUT2D eigenvalue weighted by Gasteiger charge is -2.20. The lowest BCUT2D eigenvalue weighted by Crippen LogP contribution is -2.33. The van der Waals surface area contributed by atoms with Gasteiger partial charge in [0.05, 0.1) is 28.0 Å². The van der Waals surface area contributed by atoms with Gasteiger partial charge in [-0.15, -0.1) is 0 Å². The smallest absolute Gasteiger partial charge is 0.254 e. The standard InChI is InChI=1S/C19H23N5O2S/c1-11-6-8-15(9-7-11)24-16(25)10-20-19(24)27-14(4)18(26)21-17-12(2)22-23(5)13(17)3/h6-9,14H,10H2,1-5H3,(H,21,26)/t14-/m1/s1. The second-order valence-corrected chi connectivity index (χ2v) is 7.89. The van der Waals surface area contributed by atoms with Gasteiger partial charge in [-0.25, -0.2) is 0 Å². The quantitative estimate of drug-likeness (QED) is 0.878. The van der Waals surface area contributed by atoms with E-state index in [0.29, 0.717) is 5.17 Å². The summed E-state index contributed by atoms with van der Waals surface area (Å²) in [6, 6.07) is 7.68. The number of aliphatic imine (C=N–C) groups is 1. The minimum atomic E-state index is -0.415. The highest BCUT2D eigenvalue weighted by Crippen LogP contribution is 2.27. The van der Waals surface area contributed by atoms with E-state index in [1.165, 1.54) is 11.8 Å². The molecule has 0 saturated carbocycles. The highest BCUT2D eigenvalue weighted by Gasteiger charge is 2.30. The van der Waals surface area contributed by atoms with Crippen molar-refractivity contribution in [1.29, 1.82) is 0 Å². The molecule has 1 aliphatic rings. The predicted octanol–water partition coefficient (Wildman–Crippen LogP) is 2.81. The van der Waals surface area contributed by atoms with Crippen LogP contribution in [-0.4, -0.2) is 38.6 Å². The third-order valence-electron chi connectivity index (χ3n) is 4.49. The predicted molar refractivity (Wildman–Crippen MR) is 109 cm³/mol. The molecule has 2 heterocycles. The average molecular weight is 385 g/mol. The highest BCUT2D eigenvalue weighted by molar-refractivity contribution is 8.15. The first-order chi connectivity index (χ1) is 12.8. The number of carbonyl (C=O) groups is 2. The van der Waals surface area contributed by atoms with Crippen LogP contribution in [0.25, 0.3) is 0 Å². The van der Waals surface area contributed by atoms with Gasteiger partial charge >= 0.3 is 0 Å². The first kappa shape index (κ1) is 19.2. The number of benzene rings is 1. The van der Waals surface area contributed by atoms with Gasteiger partial charge in [-0.1, -0.05) is 29.5 Å². The van der Waals surface area contributed by atoms with Gasteiger partial charge in [0.1, 0.15) is 6.54 Å². The Morgan fingerprint density at radius 3 is 2.48 bits per heavy atom. The number of aryl methyl sites for hydroxylation is 3. The van der Waals surface area contributed by atoms with E-state index in [1.54, 1.807) is 16.5 Å². The van der Waals surface area contributed by atoms with Crippen molar-refractivity contribution in [1.82, 2.24) is 9.78 Å². The van der Waals surface area contributed by atoms with Crippen molar-refractivity contribution < 1.29 is 9.59 Å². The average Bonchev–Trinajstić information content (AvgIpc) is 3.10. The number of amides is 2. The van der Waals surface area contributed by atoms with Gasteiger partial charge in [0.15, 0.2) is 5.17 Å². The van der Waals surface area contributed by atoms with Crippen LogP contribution in [0.3, 0.4) is 0 Å². The molecule has 2 amide bonds. The van der Waals surface area contributed by atoms with Gasteiger partial charge < -0.3 is 5.32 Å². The fourth-order valence-electron chi connectivity index (χ4n) is 2.81. The van der Waals surface area contributed by atoms with Gasteiger partial charge in [0, 0.05) is 7.05 Å². The molecule has 1 atom stereocenters. The van der Waals surface area contributed by atoms with E-state index < -0.39 is 5.25 Å². The van der Waals surface area contributed by atoms with Crippen molar-refractivity contribution in [3.63, 3.8) is 0 Å². The fourth-order valence-corrected chi connectivity index (χ4v) is 3.75. The van der Waals surface area contributed by atoms with E-state index in [2.05, 4.69) is 15.4 Å². The van der Waals surface area contributed by atoms with E-state index in [1.807, 2.05) is 52.1 Å². The van der Waals surface area contributed by atoms with Crippen LogP contribution in [0.2, 0.25) is 0 Å². The topological polar surface area (TPSA) is 79.6 Å². The summed E-state index contributed by atoms with van der Waals surface area (Å²) >= 11 is 1.28. The molecule has 1 aromatic carbocycles. The molecule has 0 unspecified atom stereocenters. The third-order valence-corrected chi connectivity index (χ3v) is 5.58. The van der Waals surface area contributed by atoms with Crippen molar-refractivity contribution in [2.75, 3.05) is 16.8 Å². The largest absolute Gasteiger partial charge is 0.322 e. The van der Waals surface area contributed by atoms with Gasteiger partial charge in [-0.2, -0.15) is 5.10 Å². The third kappa shape index (κ3) is 3.90. The number of nitrogens with zero attached hydrogens (tertiary/aromatic N) is 4. The SMILES string of the molecule is Cc1ccc(N2C(=O)CN=C2S[C@H](C)C(=O)Nc2c(C)nn(C)c2C)cc1. The number of hydrogen-bond donors (Lipinski definition) is 1. The van der Waals surface area contributed by atoms with Crippen LogP contribution in [0, 0.1) is 20.8 Å². The Morgan fingerprint density at radius 2 is 1.89 bits per heavy atom. The van der Waals surface area contributed by atoms with Crippen molar-refractivity contribution in [2.24, 2.45) is 12.0 Å². The highest BCUT2D eigenvalue weighted by atomic mass is 32.2. The summed E-state index contributed by atoms with van der Waals surface area (Å²) in [4.78, 5) is 30.8. The molecule has 8 heteroatoms. The van der Waals surface area contributed by atoms with E-state index in [9.17, 15) is 9.59 Å². The number of rotatable bonds is 4. The molecular formula is C19H23N5O2S. The van der Waals surface area contributed by atoms with Crippen molar-refractivity contribution in [2.45, 2.75) is 32.9 Å². The molecule has 1 aromatic heterocycles.